The number of nitrogens with zero attached hydrogens (tertiary/aromatic N) is 3. The third-order valence-corrected chi connectivity index (χ3v) is 7.19. The quantitative estimate of drug-likeness (QED) is 0.444. The Kier molecular flexibility index (Phi) is 4.70. The second-order valence-corrected chi connectivity index (χ2v) is 9.22. The molecule has 1 fully saturated rings. The van der Waals surface area contributed by atoms with Crippen LogP contribution in [0.2, 0.25) is 0 Å². The number of carbonyl (C=O) groups excluding carboxylic acids is 1. The van der Waals surface area contributed by atoms with E-state index < -0.39 is 0 Å². The topological polar surface area (TPSA) is 36.4 Å². The summed E-state index contributed by atoms with van der Waals surface area (Å²) in [6.45, 7) is 9.62. The van der Waals surface area contributed by atoms with Crippen LogP contribution in [0.25, 0.3) is 21.1 Å². The third kappa shape index (κ3) is 3.33. The van der Waals surface area contributed by atoms with Gasteiger partial charge in [-0.2, -0.15) is 0 Å². The maximum Gasteiger partial charge on any atom is 0.264 e. The number of hydrogen-bond acceptors (Lipinski definition) is 4. The first kappa shape index (κ1) is 19.1. The highest BCUT2D eigenvalue weighted by Crippen LogP contribution is 2.29. The Hall–Kier alpha value is -2.92. The fourth-order valence-corrected chi connectivity index (χ4v) is 5.22. The van der Waals surface area contributed by atoms with E-state index in [1.165, 1.54) is 33.7 Å². The predicted molar refractivity (Wildman–Crippen MR) is 126 cm³/mol. The number of thiophene rings is 1. The van der Waals surface area contributed by atoms with E-state index in [-0.39, 0.29) is 5.91 Å². The molecule has 5 heteroatoms. The SMILES string of the molecule is Cc1ccc2cc3cc(C(=O)N4CCN(c5cccc(C)c5C)CC4)sc3nc2c1. The highest BCUT2D eigenvalue weighted by molar-refractivity contribution is 7.20. The molecule has 0 N–H and O–H groups in total. The summed E-state index contributed by atoms with van der Waals surface area (Å²) in [6, 6.07) is 16.9. The van der Waals surface area contributed by atoms with E-state index in [0.717, 1.165) is 52.2 Å². The fraction of sp³-hybridized carbons (Fsp3) is 0.280. The number of pyridine rings is 1. The van der Waals surface area contributed by atoms with Crippen molar-refractivity contribution in [2.75, 3.05) is 31.1 Å². The molecular formula is C25H25N3OS. The number of amides is 1. The molecule has 30 heavy (non-hydrogen) atoms. The van der Waals surface area contributed by atoms with Gasteiger partial charge in [-0.1, -0.05) is 24.3 Å². The van der Waals surface area contributed by atoms with E-state index in [4.69, 9.17) is 4.98 Å². The number of anilines is 1. The summed E-state index contributed by atoms with van der Waals surface area (Å²) in [6.07, 6.45) is 0. The van der Waals surface area contributed by atoms with Crippen molar-refractivity contribution in [3.8, 4) is 0 Å². The van der Waals surface area contributed by atoms with Crippen molar-refractivity contribution < 1.29 is 4.79 Å². The molecule has 0 radical (unpaired) electrons. The Morgan fingerprint density at radius 3 is 2.53 bits per heavy atom. The lowest BCUT2D eigenvalue weighted by atomic mass is 10.1. The Bertz CT molecular complexity index is 1270. The first-order valence-electron chi connectivity index (χ1n) is 10.4. The zero-order valence-corrected chi connectivity index (χ0v) is 18.4. The van der Waals surface area contributed by atoms with Gasteiger partial charge in [0, 0.05) is 42.6 Å². The smallest absolute Gasteiger partial charge is 0.264 e. The van der Waals surface area contributed by atoms with E-state index in [9.17, 15) is 4.79 Å². The summed E-state index contributed by atoms with van der Waals surface area (Å²) in [7, 11) is 0. The van der Waals surface area contributed by atoms with Crippen LogP contribution in [-0.4, -0.2) is 42.0 Å². The highest BCUT2D eigenvalue weighted by atomic mass is 32.1. The van der Waals surface area contributed by atoms with Gasteiger partial charge < -0.3 is 9.80 Å². The van der Waals surface area contributed by atoms with Crippen LogP contribution in [0.4, 0.5) is 5.69 Å². The zero-order chi connectivity index (χ0) is 20.8. The molecule has 3 heterocycles. The maximum absolute atomic E-state index is 13.2. The number of hydrogen-bond donors (Lipinski definition) is 0. The summed E-state index contributed by atoms with van der Waals surface area (Å²) < 4.78 is 0. The van der Waals surface area contributed by atoms with E-state index >= 15 is 0 Å². The average molecular weight is 416 g/mol. The van der Waals surface area contributed by atoms with Gasteiger partial charge in [0.1, 0.15) is 4.83 Å². The summed E-state index contributed by atoms with van der Waals surface area (Å²) in [5, 5.41) is 2.17. The van der Waals surface area contributed by atoms with Crippen molar-refractivity contribution in [3.05, 3.63) is 70.1 Å². The molecule has 0 unspecified atom stereocenters. The van der Waals surface area contributed by atoms with Gasteiger partial charge in [-0.25, -0.2) is 4.98 Å². The number of rotatable bonds is 2. The lowest BCUT2D eigenvalue weighted by molar-refractivity contribution is 0.0751. The van der Waals surface area contributed by atoms with Crippen molar-refractivity contribution >= 4 is 44.1 Å². The molecule has 5 rings (SSSR count). The van der Waals surface area contributed by atoms with Gasteiger partial charge in [-0.05, 0) is 61.7 Å². The van der Waals surface area contributed by atoms with Gasteiger partial charge in [0.2, 0.25) is 0 Å². The van der Waals surface area contributed by atoms with Crippen molar-refractivity contribution in [2.45, 2.75) is 20.8 Å². The Labute approximate surface area is 180 Å². The number of benzene rings is 2. The van der Waals surface area contributed by atoms with Crippen molar-refractivity contribution in [3.63, 3.8) is 0 Å². The molecule has 1 saturated heterocycles. The lowest BCUT2D eigenvalue weighted by Crippen LogP contribution is -2.48. The molecule has 1 aliphatic rings. The van der Waals surface area contributed by atoms with Crippen molar-refractivity contribution in [2.24, 2.45) is 0 Å². The molecule has 152 valence electrons. The van der Waals surface area contributed by atoms with Gasteiger partial charge in [0.25, 0.3) is 5.91 Å². The van der Waals surface area contributed by atoms with Gasteiger partial charge in [-0.15, -0.1) is 11.3 Å². The van der Waals surface area contributed by atoms with Crippen LogP contribution in [0.1, 0.15) is 26.4 Å². The first-order valence-corrected chi connectivity index (χ1v) is 11.2. The molecule has 2 aromatic heterocycles. The van der Waals surface area contributed by atoms with Gasteiger partial charge in [0.15, 0.2) is 0 Å². The van der Waals surface area contributed by atoms with Crippen LogP contribution in [0.3, 0.4) is 0 Å². The van der Waals surface area contributed by atoms with Crippen LogP contribution < -0.4 is 4.90 Å². The maximum atomic E-state index is 13.2. The van der Waals surface area contributed by atoms with E-state index in [1.54, 1.807) is 0 Å². The minimum absolute atomic E-state index is 0.124. The third-order valence-electron chi connectivity index (χ3n) is 6.15. The van der Waals surface area contributed by atoms with E-state index in [1.807, 2.05) is 11.0 Å². The molecule has 0 bridgehead atoms. The second-order valence-electron chi connectivity index (χ2n) is 8.19. The fourth-order valence-electron chi connectivity index (χ4n) is 4.23. The predicted octanol–water partition coefficient (Wildman–Crippen LogP) is 5.34. The van der Waals surface area contributed by atoms with E-state index in [2.05, 4.69) is 68.1 Å². The first-order chi connectivity index (χ1) is 14.5. The summed E-state index contributed by atoms with van der Waals surface area (Å²) in [5.41, 5.74) is 6.12. The Morgan fingerprint density at radius 2 is 1.73 bits per heavy atom. The van der Waals surface area contributed by atoms with Gasteiger partial charge in [-0.3, -0.25) is 4.79 Å². The molecule has 2 aromatic carbocycles. The number of piperazine rings is 1. The second kappa shape index (κ2) is 7.40. The average Bonchev–Trinajstić information content (AvgIpc) is 3.16. The Balaban J connectivity index is 1.35. The molecule has 4 nitrogen and oxygen atoms in total. The summed E-state index contributed by atoms with van der Waals surface area (Å²) >= 11 is 1.51. The monoisotopic (exact) mass is 415 g/mol. The zero-order valence-electron chi connectivity index (χ0n) is 17.6. The molecular weight excluding hydrogens is 390 g/mol. The largest absolute Gasteiger partial charge is 0.368 e. The van der Waals surface area contributed by atoms with Crippen LogP contribution in [-0.2, 0) is 0 Å². The van der Waals surface area contributed by atoms with Gasteiger partial charge >= 0.3 is 0 Å². The summed E-state index contributed by atoms with van der Waals surface area (Å²) in [5.74, 6) is 0.124. The van der Waals surface area contributed by atoms with Crippen LogP contribution in [0.15, 0.2) is 48.5 Å². The molecule has 1 amide bonds. The Morgan fingerprint density at radius 1 is 0.933 bits per heavy atom. The van der Waals surface area contributed by atoms with Crippen LogP contribution >= 0.6 is 11.3 Å². The molecule has 1 aliphatic heterocycles. The number of carbonyl (C=O) groups is 1. The minimum atomic E-state index is 0.124. The number of fused-ring (bicyclic) bond motifs is 2. The summed E-state index contributed by atoms with van der Waals surface area (Å²) in [4.78, 5) is 24.1. The molecule has 4 aromatic rings. The number of aromatic nitrogens is 1. The van der Waals surface area contributed by atoms with Gasteiger partial charge in [0.05, 0.1) is 10.4 Å². The minimum Gasteiger partial charge on any atom is -0.368 e. The van der Waals surface area contributed by atoms with Crippen molar-refractivity contribution in [1.29, 1.82) is 0 Å². The van der Waals surface area contributed by atoms with Crippen molar-refractivity contribution in [1.82, 2.24) is 9.88 Å². The molecule has 0 atom stereocenters. The normalized spacial score (nSPS) is 14.6. The van der Waals surface area contributed by atoms with E-state index in [0.29, 0.717) is 0 Å². The van der Waals surface area contributed by atoms with Crippen LogP contribution in [0, 0.1) is 20.8 Å². The highest BCUT2D eigenvalue weighted by Gasteiger charge is 2.24. The standard InChI is InChI=1S/C25H25N3OS/c1-16-7-8-19-14-20-15-23(30-24(20)26-21(19)13-16)25(29)28-11-9-27(10-12-28)22-6-4-5-17(2)18(22)3/h4-8,13-15H,9-12H2,1-3H3. The number of aryl methyl sites for hydroxylation is 2. The molecule has 0 saturated carbocycles. The lowest BCUT2D eigenvalue weighted by Gasteiger charge is -2.36. The van der Waals surface area contributed by atoms with Crippen LogP contribution in [0.5, 0.6) is 0 Å². The molecule has 0 aliphatic carbocycles. The molecule has 0 spiro atoms.